The molecule has 0 saturated carbocycles. The quantitative estimate of drug-likeness (QED) is 0.173. The van der Waals surface area contributed by atoms with Gasteiger partial charge in [0.1, 0.15) is 0 Å². The fraction of sp³-hybridized carbons (Fsp3) is 0.594. The predicted octanol–water partition coefficient (Wildman–Crippen LogP) is 4.66. The lowest BCUT2D eigenvalue weighted by atomic mass is 10.1. The number of benzene rings is 1. The van der Waals surface area contributed by atoms with Crippen LogP contribution < -0.4 is 10.6 Å². The molecule has 2 amide bonds. The van der Waals surface area contributed by atoms with Gasteiger partial charge in [-0.15, -0.1) is 0 Å². The van der Waals surface area contributed by atoms with Crippen molar-refractivity contribution >= 4 is 11.8 Å². The Morgan fingerprint density at radius 2 is 1.70 bits per heavy atom. The first kappa shape index (κ1) is 39.2. The van der Waals surface area contributed by atoms with Crippen molar-refractivity contribution in [2.75, 3.05) is 26.2 Å². The Hall–Kier alpha value is -2.99. The lowest BCUT2D eigenvalue weighted by molar-refractivity contribution is -0.153. The molecule has 0 spiro atoms. The van der Waals surface area contributed by atoms with Crippen LogP contribution in [0.3, 0.4) is 0 Å². The summed E-state index contributed by atoms with van der Waals surface area (Å²) >= 11 is 0. The van der Waals surface area contributed by atoms with E-state index < -0.39 is 24.0 Å². The molecule has 40 heavy (non-hydrogen) atoms. The van der Waals surface area contributed by atoms with Crippen molar-refractivity contribution in [3.8, 4) is 6.07 Å². The van der Waals surface area contributed by atoms with Gasteiger partial charge in [-0.1, -0.05) is 89.6 Å². The lowest BCUT2D eigenvalue weighted by Crippen LogP contribution is -2.51. The third-order valence-corrected chi connectivity index (χ3v) is 5.96. The molecule has 0 radical (unpaired) electrons. The van der Waals surface area contributed by atoms with E-state index in [1.54, 1.807) is 6.92 Å². The summed E-state index contributed by atoms with van der Waals surface area (Å²) in [5.41, 5.74) is 2.00. The molecule has 1 aromatic carbocycles. The second-order valence-electron chi connectivity index (χ2n) is 9.17. The maximum Gasteiger partial charge on any atom is 0.254 e. The van der Waals surface area contributed by atoms with Crippen molar-refractivity contribution in [1.29, 1.82) is 5.26 Å². The van der Waals surface area contributed by atoms with Gasteiger partial charge in [-0.25, -0.2) is 0 Å². The number of amides is 2. The number of carbonyl (C=O) groups excluding carboxylic acids is 2. The number of hydrogen-bond acceptors (Lipinski definition) is 6. The second-order valence-corrected chi connectivity index (χ2v) is 9.17. The molecule has 8 nitrogen and oxygen atoms in total. The fourth-order valence-corrected chi connectivity index (χ4v) is 3.18. The average molecular weight is 559 g/mol. The zero-order valence-electron chi connectivity index (χ0n) is 25.8. The van der Waals surface area contributed by atoms with Crippen LogP contribution in [0.15, 0.2) is 48.6 Å². The number of carbonyl (C=O) groups is 2. The van der Waals surface area contributed by atoms with Gasteiger partial charge in [0.15, 0.2) is 12.2 Å². The summed E-state index contributed by atoms with van der Waals surface area (Å²) < 4.78 is 0. The van der Waals surface area contributed by atoms with E-state index in [9.17, 15) is 19.8 Å². The minimum absolute atomic E-state index is 0.261. The molecule has 0 saturated heterocycles. The fourth-order valence-electron chi connectivity index (χ4n) is 3.18. The molecule has 3 atom stereocenters. The Balaban J connectivity index is 0. The molecule has 0 aliphatic rings. The van der Waals surface area contributed by atoms with Crippen LogP contribution in [-0.4, -0.2) is 65.3 Å². The summed E-state index contributed by atoms with van der Waals surface area (Å²) in [6, 6.07) is 9.72. The molecule has 226 valence electrons. The number of nitriles is 1. The summed E-state index contributed by atoms with van der Waals surface area (Å²) in [6.07, 6.45) is 8.08. The first-order valence-electron chi connectivity index (χ1n) is 14.6. The monoisotopic (exact) mass is 558 g/mol. The van der Waals surface area contributed by atoms with Gasteiger partial charge < -0.3 is 25.7 Å². The predicted molar refractivity (Wildman–Crippen MR) is 164 cm³/mol. The first-order valence-corrected chi connectivity index (χ1v) is 14.6. The second kappa shape index (κ2) is 26.2. The molecule has 4 N–H and O–H groups in total. The maximum atomic E-state index is 12.5. The van der Waals surface area contributed by atoms with E-state index >= 15 is 0 Å². The SMILES string of the molecule is CC.CCC(C)CNC(=O)C(O)C(O)C(=O)N(CC)Cc1ccccc1C.CCCNC/C=C\C/C=C\CC#N. The van der Waals surface area contributed by atoms with E-state index in [1.807, 2.05) is 71.0 Å². The molecular weight excluding hydrogens is 504 g/mol. The number of aryl methyl sites for hydroxylation is 1. The van der Waals surface area contributed by atoms with Gasteiger partial charge in [0.2, 0.25) is 0 Å². The Morgan fingerprint density at radius 3 is 2.27 bits per heavy atom. The summed E-state index contributed by atoms with van der Waals surface area (Å²) in [6.45, 7) is 17.0. The van der Waals surface area contributed by atoms with E-state index in [-0.39, 0.29) is 5.92 Å². The summed E-state index contributed by atoms with van der Waals surface area (Å²) in [5, 5.41) is 34.2. The lowest BCUT2D eigenvalue weighted by Gasteiger charge is -2.26. The molecule has 0 aliphatic carbocycles. The molecule has 1 rings (SSSR count). The number of nitrogens with zero attached hydrogens (tertiary/aromatic N) is 2. The van der Waals surface area contributed by atoms with E-state index in [1.165, 1.54) is 11.3 Å². The van der Waals surface area contributed by atoms with Crippen molar-refractivity contribution < 1.29 is 19.8 Å². The first-order chi connectivity index (χ1) is 19.2. The highest BCUT2D eigenvalue weighted by atomic mass is 16.3. The third kappa shape index (κ3) is 18.3. The van der Waals surface area contributed by atoms with Crippen LogP contribution in [-0.2, 0) is 16.1 Å². The van der Waals surface area contributed by atoms with Gasteiger partial charge in [-0.3, -0.25) is 9.59 Å². The molecule has 3 unspecified atom stereocenters. The number of allylic oxidation sites excluding steroid dienone is 3. The summed E-state index contributed by atoms with van der Waals surface area (Å²) in [4.78, 5) is 25.8. The Bertz CT molecular complexity index is 895. The van der Waals surface area contributed by atoms with E-state index in [2.05, 4.69) is 35.8 Å². The topological polar surface area (TPSA) is 126 Å². The zero-order valence-corrected chi connectivity index (χ0v) is 25.8. The van der Waals surface area contributed by atoms with Crippen molar-refractivity contribution in [2.24, 2.45) is 5.92 Å². The highest BCUT2D eigenvalue weighted by Crippen LogP contribution is 2.12. The van der Waals surface area contributed by atoms with Crippen molar-refractivity contribution in [2.45, 2.75) is 92.9 Å². The number of nitrogens with one attached hydrogen (secondary N) is 2. The van der Waals surface area contributed by atoms with Crippen LogP contribution in [0.2, 0.25) is 0 Å². The smallest absolute Gasteiger partial charge is 0.254 e. The minimum atomic E-state index is -1.78. The van der Waals surface area contributed by atoms with Crippen molar-refractivity contribution in [1.82, 2.24) is 15.5 Å². The van der Waals surface area contributed by atoms with Gasteiger partial charge in [-0.2, -0.15) is 5.26 Å². The maximum absolute atomic E-state index is 12.5. The molecule has 0 fully saturated rings. The highest BCUT2D eigenvalue weighted by Gasteiger charge is 2.33. The molecule has 1 aromatic rings. The number of aliphatic hydroxyl groups excluding tert-OH is 2. The van der Waals surface area contributed by atoms with Crippen LogP contribution in [0.1, 0.15) is 78.4 Å². The molecule has 0 aliphatic heterocycles. The molecule has 0 bridgehead atoms. The number of hydrogen-bond donors (Lipinski definition) is 4. The summed E-state index contributed by atoms with van der Waals surface area (Å²) in [7, 11) is 0. The Morgan fingerprint density at radius 1 is 1.05 bits per heavy atom. The zero-order chi connectivity index (χ0) is 30.8. The van der Waals surface area contributed by atoms with Crippen molar-refractivity contribution in [3.05, 3.63) is 59.7 Å². The third-order valence-electron chi connectivity index (χ3n) is 5.96. The largest absolute Gasteiger partial charge is 0.380 e. The van der Waals surface area contributed by atoms with E-state index in [4.69, 9.17) is 5.26 Å². The summed E-state index contributed by atoms with van der Waals surface area (Å²) in [5.74, 6) is -1.12. The van der Waals surface area contributed by atoms with Gasteiger partial charge in [0.25, 0.3) is 11.8 Å². The van der Waals surface area contributed by atoms with Crippen LogP contribution in [0.25, 0.3) is 0 Å². The van der Waals surface area contributed by atoms with Gasteiger partial charge >= 0.3 is 0 Å². The van der Waals surface area contributed by atoms with Crippen LogP contribution in [0, 0.1) is 24.2 Å². The molecule has 0 heterocycles. The highest BCUT2D eigenvalue weighted by molar-refractivity contribution is 5.90. The van der Waals surface area contributed by atoms with Gasteiger partial charge in [-0.05, 0) is 50.3 Å². The molecule has 0 aromatic heterocycles. The van der Waals surface area contributed by atoms with Gasteiger partial charge in [0, 0.05) is 26.2 Å². The van der Waals surface area contributed by atoms with Crippen molar-refractivity contribution in [3.63, 3.8) is 0 Å². The van der Waals surface area contributed by atoms with Crippen LogP contribution in [0.4, 0.5) is 0 Å². The normalized spacial score (nSPS) is 12.8. The Labute approximate surface area is 243 Å². The van der Waals surface area contributed by atoms with Gasteiger partial charge in [0.05, 0.1) is 12.5 Å². The van der Waals surface area contributed by atoms with E-state index in [0.29, 0.717) is 26.1 Å². The van der Waals surface area contributed by atoms with Crippen LogP contribution in [0.5, 0.6) is 0 Å². The number of likely N-dealkylation sites (N-methyl/N-ethyl adjacent to an activating group) is 1. The standard InChI is InChI=1S/C19H30N2O4.C11H18N2.C2H6/c1-5-13(3)11-20-18(24)16(22)17(23)19(25)21(6-2)12-15-10-8-7-9-14(15)4;1-2-10-13-11-8-6-4-3-5-7-9-12;1-2/h7-10,13,16-17,22-23H,5-6,11-12H2,1-4H3,(H,20,24);3,5-6,8,13H,2,4,7,10-11H2,1H3;1-2H3/b;5-3-,8-6-;. The molecule has 8 heteroatoms. The van der Waals surface area contributed by atoms with Crippen LogP contribution >= 0.6 is 0 Å². The number of rotatable bonds is 16. The molecular formula is C32H54N4O4. The van der Waals surface area contributed by atoms with E-state index in [0.717, 1.165) is 37.1 Å². The average Bonchev–Trinajstić information content (AvgIpc) is 2.98. The minimum Gasteiger partial charge on any atom is -0.380 e. The Kier molecular flexibility index (Phi) is 25.7. The number of aliphatic hydroxyl groups is 2.